The molecule has 2 aromatic carbocycles. The molecule has 4 aromatic rings. The van der Waals surface area contributed by atoms with Crippen LogP contribution in [0.3, 0.4) is 0 Å². The highest BCUT2D eigenvalue weighted by atomic mass is 32.1. The molecule has 5 rings (SSSR count). The van der Waals surface area contributed by atoms with Gasteiger partial charge in [-0.3, -0.25) is 4.79 Å². The quantitative estimate of drug-likeness (QED) is 0.168. The lowest BCUT2D eigenvalue weighted by atomic mass is 9.72. The van der Waals surface area contributed by atoms with Gasteiger partial charge in [-0.1, -0.05) is 51.1 Å². The SMILES string of the molecule is CCOC(=O)COc1ccc2ccccc2c1C=Nc1sc2c(c1C(=O)NCc1ccco1)CC[C@H](C(C)(C)C)C2. The van der Waals surface area contributed by atoms with E-state index in [2.05, 4.69) is 26.1 Å². The number of nitrogens with zero attached hydrogens (tertiary/aromatic N) is 1. The van der Waals surface area contributed by atoms with E-state index in [1.54, 1.807) is 30.7 Å². The van der Waals surface area contributed by atoms with Gasteiger partial charge in [-0.25, -0.2) is 9.79 Å². The van der Waals surface area contributed by atoms with Gasteiger partial charge < -0.3 is 19.2 Å². The molecule has 8 heteroatoms. The molecule has 7 nitrogen and oxygen atoms in total. The van der Waals surface area contributed by atoms with Crippen LogP contribution in [0.15, 0.2) is 64.2 Å². The zero-order valence-corrected chi connectivity index (χ0v) is 24.8. The van der Waals surface area contributed by atoms with E-state index in [9.17, 15) is 9.59 Å². The van der Waals surface area contributed by atoms with Gasteiger partial charge in [0, 0.05) is 16.7 Å². The molecule has 0 saturated carbocycles. The van der Waals surface area contributed by atoms with Crippen LogP contribution in [0.5, 0.6) is 5.75 Å². The van der Waals surface area contributed by atoms with Gasteiger partial charge in [-0.15, -0.1) is 11.3 Å². The molecule has 0 bridgehead atoms. The van der Waals surface area contributed by atoms with E-state index in [4.69, 9.17) is 18.9 Å². The van der Waals surface area contributed by atoms with Crippen molar-refractivity contribution in [2.45, 2.75) is 53.5 Å². The third kappa shape index (κ3) is 6.54. The fourth-order valence-electron chi connectivity index (χ4n) is 5.30. The Labute approximate surface area is 244 Å². The summed E-state index contributed by atoms with van der Waals surface area (Å²) in [6.07, 6.45) is 6.16. The number of hydrogen-bond donors (Lipinski definition) is 1. The van der Waals surface area contributed by atoms with Crippen LogP contribution in [0.25, 0.3) is 10.8 Å². The lowest BCUT2D eigenvalue weighted by Crippen LogP contribution is -2.28. The maximum Gasteiger partial charge on any atom is 0.344 e. The van der Waals surface area contributed by atoms with Gasteiger partial charge in [-0.2, -0.15) is 0 Å². The number of esters is 1. The molecular formula is C33H36N2O5S. The summed E-state index contributed by atoms with van der Waals surface area (Å²) < 4.78 is 16.4. The lowest BCUT2D eigenvalue weighted by molar-refractivity contribution is -0.145. The van der Waals surface area contributed by atoms with Gasteiger partial charge in [0.2, 0.25) is 0 Å². The number of fused-ring (bicyclic) bond motifs is 2. The first-order valence-electron chi connectivity index (χ1n) is 14.0. The number of thiophene rings is 1. The highest BCUT2D eigenvalue weighted by molar-refractivity contribution is 7.16. The van der Waals surface area contributed by atoms with E-state index in [0.717, 1.165) is 41.2 Å². The summed E-state index contributed by atoms with van der Waals surface area (Å²) in [6.45, 7) is 9.01. The van der Waals surface area contributed by atoms with Crippen molar-refractivity contribution in [1.29, 1.82) is 0 Å². The third-order valence-corrected chi connectivity index (χ3v) is 8.76. The van der Waals surface area contributed by atoms with E-state index >= 15 is 0 Å². The highest BCUT2D eigenvalue weighted by Crippen LogP contribution is 2.45. The van der Waals surface area contributed by atoms with E-state index in [1.807, 2.05) is 48.5 Å². The van der Waals surface area contributed by atoms with E-state index in [1.165, 1.54) is 4.88 Å². The van der Waals surface area contributed by atoms with Crippen molar-refractivity contribution in [3.05, 3.63) is 82.1 Å². The maximum atomic E-state index is 13.6. The van der Waals surface area contributed by atoms with Crippen LogP contribution in [0.4, 0.5) is 5.00 Å². The Morgan fingerprint density at radius 2 is 1.98 bits per heavy atom. The highest BCUT2D eigenvalue weighted by Gasteiger charge is 2.33. The molecular weight excluding hydrogens is 536 g/mol. The molecule has 0 radical (unpaired) electrons. The Hall–Kier alpha value is -3.91. The van der Waals surface area contributed by atoms with E-state index in [-0.39, 0.29) is 24.5 Å². The molecule has 1 N–H and O–H groups in total. The van der Waals surface area contributed by atoms with Gasteiger partial charge >= 0.3 is 5.97 Å². The Morgan fingerprint density at radius 3 is 2.73 bits per heavy atom. The second-order valence-electron chi connectivity index (χ2n) is 11.3. The number of carbonyl (C=O) groups excluding carboxylic acids is 2. The van der Waals surface area contributed by atoms with Crippen molar-refractivity contribution >= 4 is 45.2 Å². The fraction of sp³-hybridized carbons (Fsp3) is 0.364. The number of amides is 1. The summed E-state index contributed by atoms with van der Waals surface area (Å²) in [4.78, 5) is 31.8. The molecule has 41 heavy (non-hydrogen) atoms. The number of benzene rings is 2. The van der Waals surface area contributed by atoms with Gasteiger partial charge in [0.1, 0.15) is 16.5 Å². The standard InChI is InChI=1S/C33H36N2O5S/c1-5-38-29(36)20-40-27-15-12-21-9-6-7-11-24(21)26(27)19-35-32-30(31(37)34-18-23-10-8-16-39-23)25-14-13-22(33(2,3)4)17-28(25)41-32/h6-12,15-16,19,22H,5,13-14,17-18,20H2,1-4H3,(H,34,37)/t22-/m0/s1. The zero-order valence-electron chi connectivity index (χ0n) is 24.0. The monoisotopic (exact) mass is 572 g/mol. The molecule has 1 amide bonds. The number of hydrogen-bond acceptors (Lipinski definition) is 7. The average Bonchev–Trinajstić information content (AvgIpc) is 3.61. The first-order chi connectivity index (χ1) is 19.7. The Balaban J connectivity index is 1.52. The molecule has 0 saturated heterocycles. The van der Waals surface area contributed by atoms with Crippen LogP contribution in [0.2, 0.25) is 0 Å². The number of nitrogens with one attached hydrogen (secondary N) is 1. The fourth-order valence-corrected chi connectivity index (χ4v) is 6.57. The smallest absolute Gasteiger partial charge is 0.344 e. The summed E-state index contributed by atoms with van der Waals surface area (Å²) in [5, 5.41) is 5.66. The Bertz CT molecular complexity index is 1560. The van der Waals surface area contributed by atoms with Gasteiger partial charge in [0.05, 0.1) is 25.0 Å². The number of rotatable bonds is 9. The molecule has 0 fully saturated rings. The molecule has 1 aliphatic rings. The number of aliphatic imine (C=N–C) groups is 1. The van der Waals surface area contributed by atoms with Crippen LogP contribution < -0.4 is 10.1 Å². The minimum Gasteiger partial charge on any atom is -0.481 e. The molecule has 1 atom stereocenters. The summed E-state index contributed by atoms with van der Waals surface area (Å²) >= 11 is 1.59. The Kier molecular flexibility index (Phi) is 8.59. The minimum atomic E-state index is -0.432. The first-order valence-corrected chi connectivity index (χ1v) is 14.9. The second-order valence-corrected chi connectivity index (χ2v) is 12.4. The second kappa shape index (κ2) is 12.3. The average molecular weight is 573 g/mol. The number of carbonyl (C=O) groups is 2. The van der Waals surface area contributed by atoms with Crippen molar-refractivity contribution in [3.63, 3.8) is 0 Å². The molecule has 0 unspecified atom stereocenters. The van der Waals surface area contributed by atoms with Gasteiger partial charge in [-0.05, 0) is 72.1 Å². The normalized spacial score (nSPS) is 15.2. The van der Waals surface area contributed by atoms with Gasteiger partial charge in [0.25, 0.3) is 5.91 Å². The lowest BCUT2D eigenvalue weighted by Gasteiger charge is -2.33. The van der Waals surface area contributed by atoms with Crippen LogP contribution in [0, 0.1) is 11.3 Å². The van der Waals surface area contributed by atoms with Crippen LogP contribution in [-0.2, 0) is 28.9 Å². The predicted molar refractivity (Wildman–Crippen MR) is 162 cm³/mol. The minimum absolute atomic E-state index is 0.156. The van der Waals surface area contributed by atoms with E-state index in [0.29, 0.717) is 34.5 Å². The van der Waals surface area contributed by atoms with Crippen LogP contribution >= 0.6 is 11.3 Å². The number of ether oxygens (including phenoxy) is 2. The summed E-state index contributed by atoms with van der Waals surface area (Å²) in [6, 6.07) is 15.4. The molecule has 2 aromatic heterocycles. The largest absolute Gasteiger partial charge is 0.481 e. The predicted octanol–water partition coefficient (Wildman–Crippen LogP) is 7.27. The van der Waals surface area contributed by atoms with Crippen molar-refractivity contribution in [2.24, 2.45) is 16.3 Å². The summed E-state index contributed by atoms with van der Waals surface area (Å²) in [5.41, 5.74) is 2.65. The number of furan rings is 1. The zero-order chi connectivity index (χ0) is 29.0. The van der Waals surface area contributed by atoms with Crippen LogP contribution in [-0.4, -0.2) is 31.3 Å². The molecule has 1 aliphatic carbocycles. The van der Waals surface area contributed by atoms with Crippen molar-refractivity contribution in [2.75, 3.05) is 13.2 Å². The van der Waals surface area contributed by atoms with Crippen LogP contribution in [0.1, 0.15) is 66.2 Å². The van der Waals surface area contributed by atoms with E-state index < -0.39 is 5.97 Å². The van der Waals surface area contributed by atoms with Crippen molar-refractivity contribution < 1.29 is 23.5 Å². The third-order valence-electron chi connectivity index (χ3n) is 7.59. The topological polar surface area (TPSA) is 90.1 Å². The molecule has 214 valence electrons. The van der Waals surface area contributed by atoms with Crippen molar-refractivity contribution in [3.8, 4) is 5.75 Å². The summed E-state index contributed by atoms with van der Waals surface area (Å²) in [5.74, 6) is 1.17. The molecule has 0 spiro atoms. The molecule has 0 aliphatic heterocycles. The first kappa shape index (κ1) is 28.6. The Morgan fingerprint density at radius 1 is 1.15 bits per heavy atom. The summed E-state index contributed by atoms with van der Waals surface area (Å²) in [7, 11) is 0. The van der Waals surface area contributed by atoms with Crippen molar-refractivity contribution in [1.82, 2.24) is 5.32 Å². The maximum absolute atomic E-state index is 13.6. The van der Waals surface area contributed by atoms with Gasteiger partial charge in [0.15, 0.2) is 6.61 Å². The molecule has 2 heterocycles.